The van der Waals surface area contributed by atoms with E-state index in [9.17, 15) is 4.79 Å². The summed E-state index contributed by atoms with van der Waals surface area (Å²) >= 11 is 0. The van der Waals surface area contributed by atoms with Crippen LogP contribution in [0.2, 0.25) is 0 Å². The number of hydrogen-bond donors (Lipinski definition) is 2. The maximum Gasteiger partial charge on any atom is 0.407 e. The van der Waals surface area contributed by atoms with Gasteiger partial charge in [0, 0.05) is 43.1 Å². The number of amides is 1. The molecule has 2 N–H and O–H groups in total. The summed E-state index contributed by atoms with van der Waals surface area (Å²) in [5.41, 5.74) is 3.99. The zero-order valence-corrected chi connectivity index (χ0v) is 29.0. The molecule has 7 rings (SSSR count). The fourth-order valence-corrected chi connectivity index (χ4v) is 7.63. The Morgan fingerprint density at radius 2 is 1.68 bits per heavy atom. The molecule has 47 heavy (non-hydrogen) atoms. The highest BCUT2D eigenvalue weighted by Gasteiger charge is 2.49. The van der Waals surface area contributed by atoms with E-state index in [4.69, 9.17) is 24.2 Å². The molecule has 3 saturated carbocycles. The van der Waals surface area contributed by atoms with Gasteiger partial charge in [0.25, 0.3) is 0 Å². The molecule has 9 nitrogen and oxygen atoms in total. The molecule has 0 spiro atoms. The molecule has 0 aliphatic heterocycles. The predicted octanol–water partition coefficient (Wildman–Crippen LogP) is 8.42. The summed E-state index contributed by atoms with van der Waals surface area (Å²) in [6, 6.07) is 14.3. The molecule has 2 aromatic heterocycles. The number of rotatable bonds is 12. The smallest absolute Gasteiger partial charge is 0.407 e. The second-order valence-corrected chi connectivity index (χ2v) is 14.8. The first-order valence-electron chi connectivity index (χ1n) is 17.3. The molecule has 0 radical (unpaired) electrons. The van der Waals surface area contributed by atoms with E-state index in [1.54, 1.807) is 14.2 Å². The minimum Gasteiger partial charge on any atom is -0.497 e. The van der Waals surface area contributed by atoms with Crippen LogP contribution in [0.4, 0.5) is 10.6 Å². The highest BCUT2D eigenvalue weighted by molar-refractivity contribution is 6.07. The Morgan fingerprint density at radius 1 is 0.957 bits per heavy atom. The number of hydrogen-bond acceptors (Lipinski definition) is 7. The third kappa shape index (κ3) is 6.99. The molecule has 2 bridgehead atoms. The number of nitrogens with one attached hydrogen (secondary N) is 2. The van der Waals surface area contributed by atoms with E-state index in [0.29, 0.717) is 13.1 Å². The highest BCUT2D eigenvalue weighted by Crippen LogP contribution is 2.57. The summed E-state index contributed by atoms with van der Waals surface area (Å²) in [6.45, 7) is 10.2. The van der Waals surface area contributed by atoms with E-state index in [-0.39, 0.29) is 16.9 Å². The molecule has 9 heteroatoms. The number of fused-ring (bicyclic) bond motifs is 6. The van der Waals surface area contributed by atoms with Crippen LogP contribution in [0.1, 0.15) is 90.4 Å². The summed E-state index contributed by atoms with van der Waals surface area (Å²) in [5, 5.41) is 7.87. The quantitative estimate of drug-likeness (QED) is 0.160. The maximum absolute atomic E-state index is 12.4. The van der Waals surface area contributed by atoms with E-state index in [0.717, 1.165) is 109 Å². The summed E-state index contributed by atoms with van der Waals surface area (Å²) in [4.78, 5) is 22.9. The molecule has 3 fully saturated rings. The number of nitrogens with zero attached hydrogens (tertiary/aromatic N) is 3. The van der Waals surface area contributed by atoms with Gasteiger partial charge in [-0.2, -0.15) is 0 Å². The van der Waals surface area contributed by atoms with Gasteiger partial charge in [0.1, 0.15) is 28.4 Å². The van der Waals surface area contributed by atoms with Crippen molar-refractivity contribution in [2.24, 2.45) is 10.8 Å². The number of methoxy groups -OCH3 is 2. The van der Waals surface area contributed by atoms with E-state index in [2.05, 4.69) is 46.4 Å². The molecule has 0 atom stereocenters. The summed E-state index contributed by atoms with van der Waals surface area (Å²) in [5.74, 6) is 3.48. The van der Waals surface area contributed by atoms with Crippen LogP contribution in [0.5, 0.6) is 11.5 Å². The van der Waals surface area contributed by atoms with Crippen molar-refractivity contribution in [2.45, 2.75) is 104 Å². The molecule has 2 heterocycles. The number of benzene rings is 2. The van der Waals surface area contributed by atoms with Crippen LogP contribution in [-0.2, 0) is 24.2 Å². The van der Waals surface area contributed by atoms with E-state index in [1.165, 1.54) is 5.52 Å². The molecule has 3 aliphatic rings. The van der Waals surface area contributed by atoms with Gasteiger partial charge in [-0.15, -0.1) is 0 Å². The van der Waals surface area contributed by atoms with Crippen molar-refractivity contribution in [1.82, 2.24) is 19.9 Å². The molecule has 3 aliphatic carbocycles. The van der Waals surface area contributed by atoms with Crippen LogP contribution < -0.4 is 20.1 Å². The van der Waals surface area contributed by atoms with Crippen molar-refractivity contribution >= 4 is 33.8 Å². The Balaban J connectivity index is 1.30. The SMILES string of the molecule is CCCCc1nc2c(NCc3ccc(OC)cc3OC)nc3ccccc3c2n1CC12CCC(CNC(=O)OC(C)(C)C)(CC1)CC2. The minimum absolute atomic E-state index is 0.164. The number of alkyl carbamates (subject to hydrolysis) is 1. The summed E-state index contributed by atoms with van der Waals surface area (Å²) in [7, 11) is 3.35. The van der Waals surface area contributed by atoms with Crippen LogP contribution in [0, 0.1) is 10.8 Å². The summed E-state index contributed by atoms with van der Waals surface area (Å²) < 4.78 is 19.2. The lowest BCUT2D eigenvalue weighted by Gasteiger charge is -2.54. The number of anilines is 1. The zero-order chi connectivity index (χ0) is 33.2. The number of aromatic nitrogens is 3. The van der Waals surface area contributed by atoms with E-state index in [1.807, 2.05) is 39.0 Å². The van der Waals surface area contributed by atoms with Gasteiger partial charge in [-0.05, 0) is 94.7 Å². The van der Waals surface area contributed by atoms with Gasteiger partial charge in [0.15, 0.2) is 5.82 Å². The summed E-state index contributed by atoms with van der Waals surface area (Å²) in [6.07, 6.45) is 9.66. The van der Waals surface area contributed by atoms with Crippen molar-refractivity contribution in [3.05, 3.63) is 53.9 Å². The largest absolute Gasteiger partial charge is 0.497 e. The number of imidazole rings is 1. The van der Waals surface area contributed by atoms with Crippen molar-refractivity contribution in [2.75, 3.05) is 26.1 Å². The van der Waals surface area contributed by atoms with Crippen molar-refractivity contribution in [3.63, 3.8) is 0 Å². The second kappa shape index (κ2) is 13.2. The van der Waals surface area contributed by atoms with Crippen molar-refractivity contribution < 1.29 is 19.0 Å². The number of unbranched alkanes of at least 4 members (excludes halogenated alkanes) is 1. The Kier molecular flexibility index (Phi) is 9.27. The van der Waals surface area contributed by atoms with Crippen molar-refractivity contribution in [3.8, 4) is 11.5 Å². The topological polar surface area (TPSA) is 99.5 Å². The van der Waals surface area contributed by atoms with Gasteiger partial charge >= 0.3 is 6.09 Å². The third-order valence-electron chi connectivity index (χ3n) is 10.4. The Labute approximate surface area is 278 Å². The molecule has 0 unspecified atom stereocenters. The van der Waals surface area contributed by atoms with Gasteiger partial charge < -0.3 is 29.4 Å². The van der Waals surface area contributed by atoms with Gasteiger partial charge in [0.05, 0.1) is 25.3 Å². The van der Waals surface area contributed by atoms with Gasteiger partial charge in [-0.3, -0.25) is 0 Å². The molecular weight excluding hydrogens is 590 g/mol. The number of aryl methyl sites for hydroxylation is 1. The molecule has 1 amide bonds. The van der Waals surface area contributed by atoms with Crippen LogP contribution in [0.3, 0.4) is 0 Å². The lowest BCUT2D eigenvalue weighted by molar-refractivity contribution is -0.0206. The average Bonchev–Trinajstić information content (AvgIpc) is 3.43. The van der Waals surface area contributed by atoms with Crippen LogP contribution >= 0.6 is 0 Å². The normalized spacial score (nSPS) is 20.8. The first-order valence-corrected chi connectivity index (χ1v) is 17.3. The highest BCUT2D eigenvalue weighted by atomic mass is 16.6. The predicted molar refractivity (Wildman–Crippen MR) is 187 cm³/mol. The van der Waals surface area contributed by atoms with Gasteiger partial charge in [-0.1, -0.05) is 31.5 Å². The Bertz CT molecular complexity index is 1720. The molecule has 0 saturated heterocycles. The fraction of sp³-hybridized carbons (Fsp3) is 0.553. The fourth-order valence-electron chi connectivity index (χ4n) is 7.63. The molecule has 4 aromatic rings. The molecule has 2 aromatic carbocycles. The molecular formula is C38H51N5O4. The van der Waals surface area contributed by atoms with Crippen LogP contribution in [-0.4, -0.2) is 47.0 Å². The average molecular weight is 642 g/mol. The first kappa shape index (κ1) is 32.9. The number of pyridine rings is 1. The van der Waals surface area contributed by atoms with Crippen LogP contribution in [0.15, 0.2) is 42.5 Å². The van der Waals surface area contributed by atoms with Crippen LogP contribution in [0.25, 0.3) is 21.9 Å². The van der Waals surface area contributed by atoms with E-state index >= 15 is 0 Å². The van der Waals surface area contributed by atoms with Gasteiger partial charge in [-0.25, -0.2) is 14.8 Å². The Hall–Kier alpha value is -4.01. The van der Waals surface area contributed by atoms with Gasteiger partial charge in [0.2, 0.25) is 0 Å². The Morgan fingerprint density at radius 3 is 2.36 bits per heavy atom. The monoisotopic (exact) mass is 641 g/mol. The maximum atomic E-state index is 12.4. The third-order valence-corrected chi connectivity index (χ3v) is 10.4. The minimum atomic E-state index is -0.489. The zero-order valence-electron chi connectivity index (χ0n) is 29.0. The number of ether oxygens (including phenoxy) is 3. The number of carbonyl (C=O) groups is 1. The lowest BCUT2D eigenvalue weighted by atomic mass is 9.53. The number of carbonyl (C=O) groups excluding carboxylic acids is 1. The first-order chi connectivity index (χ1) is 22.6. The van der Waals surface area contributed by atoms with E-state index < -0.39 is 5.60 Å². The standard InChI is InChI=1S/C38H51N5O4/c1-7-8-13-31-42-32-33(43(31)25-38-19-16-37(17-20-38,18-21-38)24-40-35(44)47-36(2,3)4)28-11-9-10-12-29(28)41-34(32)39-23-26-14-15-27(45-5)22-30(26)46-6/h9-12,14-15,22H,7-8,13,16-21,23-25H2,1-6H3,(H,39,41)(H,40,44). The lowest BCUT2D eigenvalue weighted by Crippen LogP contribution is -2.49. The molecule has 252 valence electrons. The number of para-hydroxylation sites is 1. The van der Waals surface area contributed by atoms with Crippen molar-refractivity contribution in [1.29, 1.82) is 0 Å². The second-order valence-electron chi connectivity index (χ2n) is 14.8.